The Bertz CT molecular complexity index is 596. The molecule has 3 nitrogen and oxygen atoms in total. The van der Waals surface area contributed by atoms with E-state index in [0.29, 0.717) is 11.3 Å². The predicted molar refractivity (Wildman–Crippen MR) is 67.8 cm³/mol. The number of anilines is 2. The summed E-state index contributed by atoms with van der Waals surface area (Å²) >= 11 is 0. The number of benzene rings is 2. The zero-order chi connectivity index (χ0) is 13.1. The number of carboxylic acid groups (broad SMARTS) is 1. The first kappa shape index (κ1) is 12.1. The van der Waals surface area contributed by atoms with Crippen LogP contribution >= 0.6 is 0 Å². The molecule has 0 fully saturated rings. The fourth-order valence-corrected chi connectivity index (χ4v) is 1.67. The number of carbonyl (C=O) groups is 1. The predicted octanol–water partition coefficient (Wildman–Crippen LogP) is 3.58. The maximum atomic E-state index is 13.8. The molecule has 0 atom stereocenters. The number of carboxylic acids is 1. The van der Waals surface area contributed by atoms with Crippen LogP contribution in [0.4, 0.5) is 15.8 Å². The number of hydrogen-bond donors (Lipinski definition) is 2. The van der Waals surface area contributed by atoms with E-state index in [1.807, 2.05) is 0 Å². The Morgan fingerprint density at radius 3 is 2.50 bits per heavy atom. The van der Waals surface area contributed by atoms with Crippen molar-refractivity contribution in [1.29, 1.82) is 0 Å². The van der Waals surface area contributed by atoms with Gasteiger partial charge < -0.3 is 10.4 Å². The fourth-order valence-electron chi connectivity index (χ4n) is 1.67. The molecule has 0 saturated heterocycles. The summed E-state index contributed by atoms with van der Waals surface area (Å²) in [5.41, 5.74) is 1.25. The van der Waals surface area contributed by atoms with Gasteiger partial charge in [-0.1, -0.05) is 24.3 Å². The molecule has 2 aromatic rings. The van der Waals surface area contributed by atoms with Crippen molar-refractivity contribution >= 4 is 17.3 Å². The highest BCUT2D eigenvalue weighted by atomic mass is 19.1. The maximum absolute atomic E-state index is 13.8. The van der Waals surface area contributed by atoms with Crippen molar-refractivity contribution in [3.8, 4) is 0 Å². The minimum absolute atomic E-state index is 0.110. The Hall–Kier alpha value is -2.36. The third kappa shape index (κ3) is 2.32. The molecule has 0 aromatic heterocycles. The maximum Gasteiger partial charge on any atom is 0.337 e. The second-order valence-electron chi connectivity index (χ2n) is 3.91. The van der Waals surface area contributed by atoms with E-state index in [2.05, 4.69) is 5.32 Å². The van der Waals surface area contributed by atoms with Crippen molar-refractivity contribution in [2.75, 3.05) is 5.32 Å². The van der Waals surface area contributed by atoms with E-state index in [0.717, 1.165) is 0 Å². The first-order valence-corrected chi connectivity index (χ1v) is 5.44. The van der Waals surface area contributed by atoms with Gasteiger partial charge in [-0.15, -0.1) is 0 Å². The summed E-state index contributed by atoms with van der Waals surface area (Å²) in [5, 5.41) is 11.8. The molecular weight excluding hydrogens is 233 g/mol. The van der Waals surface area contributed by atoms with E-state index < -0.39 is 5.97 Å². The van der Waals surface area contributed by atoms with Crippen molar-refractivity contribution in [3.63, 3.8) is 0 Å². The highest BCUT2D eigenvalue weighted by molar-refractivity contribution is 5.95. The first-order chi connectivity index (χ1) is 8.59. The van der Waals surface area contributed by atoms with Crippen LogP contribution in [0.3, 0.4) is 0 Å². The molecule has 0 radical (unpaired) electrons. The Balaban J connectivity index is 2.40. The van der Waals surface area contributed by atoms with Gasteiger partial charge in [0, 0.05) is 0 Å². The Morgan fingerprint density at radius 2 is 1.78 bits per heavy atom. The van der Waals surface area contributed by atoms with Crippen LogP contribution in [0, 0.1) is 12.7 Å². The topological polar surface area (TPSA) is 49.3 Å². The zero-order valence-corrected chi connectivity index (χ0v) is 9.77. The van der Waals surface area contributed by atoms with E-state index >= 15 is 0 Å². The lowest BCUT2D eigenvalue weighted by molar-refractivity contribution is 0.0698. The zero-order valence-electron chi connectivity index (χ0n) is 9.77. The molecule has 0 aliphatic rings. The summed E-state index contributed by atoms with van der Waals surface area (Å²) in [6, 6.07) is 11.3. The standard InChI is InChI=1S/C14H12FNO2/c1-9-5-4-8-12(13(9)15)16-11-7-3-2-6-10(11)14(17)18/h2-8,16H,1H3,(H,17,18). The van der Waals surface area contributed by atoms with Gasteiger partial charge in [-0.2, -0.15) is 0 Å². The molecule has 2 aromatic carbocycles. The molecule has 0 unspecified atom stereocenters. The molecule has 2 N–H and O–H groups in total. The molecule has 4 heteroatoms. The molecule has 0 spiro atoms. The summed E-state index contributed by atoms with van der Waals surface area (Å²) in [7, 11) is 0. The van der Waals surface area contributed by atoms with E-state index in [1.165, 1.54) is 6.07 Å². The van der Waals surface area contributed by atoms with Crippen LogP contribution < -0.4 is 5.32 Å². The Labute approximate surface area is 104 Å². The SMILES string of the molecule is Cc1cccc(Nc2ccccc2C(=O)O)c1F. The van der Waals surface area contributed by atoms with Crippen molar-refractivity contribution < 1.29 is 14.3 Å². The quantitative estimate of drug-likeness (QED) is 0.869. The van der Waals surface area contributed by atoms with E-state index in [4.69, 9.17) is 5.11 Å². The fraction of sp³-hybridized carbons (Fsp3) is 0.0714. The average Bonchev–Trinajstić information content (AvgIpc) is 2.35. The largest absolute Gasteiger partial charge is 0.478 e. The monoisotopic (exact) mass is 245 g/mol. The van der Waals surface area contributed by atoms with E-state index in [9.17, 15) is 9.18 Å². The third-order valence-electron chi connectivity index (χ3n) is 2.62. The second-order valence-corrected chi connectivity index (χ2v) is 3.91. The Kier molecular flexibility index (Phi) is 3.28. The minimum Gasteiger partial charge on any atom is -0.478 e. The van der Waals surface area contributed by atoms with Gasteiger partial charge in [-0.25, -0.2) is 9.18 Å². The summed E-state index contributed by atoms with van der Waals surface area (Å²) in [5.74, 6) is -1.43. The van der Waals surface area contributed by atoms with Crippen molar-refractivity contribution in [3.05, 3.63) is 59.4 Å². The van der Waals surface area contributed by atoms with Crippen LogP contribution in [0.15, 0.2) is 42.5 Å². The summed E-state index contributed by atoms with van der Waals surface area (Å²) in [6.45, 7) is 1.66. The van der Waals surface area contributed by atoms with Crippen LogP contribution in [-0.4, -0.2) is 11.1 Å². The average molecular weight is 245 g/mol. The number of aryl methyl sites for hydroxylation is 1. The van der Waals surface area contributed by atoms with Crippen LogP contribution in [-0.2, 0) is 0 Å². The lowest BCUT2D eigenvalue weighted by Gasteiger charge is -2.11. The molecule has 0 heterocycles. The molecule has 0 bridgehead atoms. The Morgan fingerprint density at radius 1 is 1.11 bits per heavy atom. The number of aromatic carboxylic acids is 1. The second kappa shape index (κ2) is 4.87. The van der Waals surface area contributed by atoms with Gasteiger partial charge in [0.15, 0.2) is 0 Å². The van der Waals surface area contributed by atoms with Crippen LogP contribution in [0.5, 0.6) is 0 Å². The molecule has 0 aliphatic heterocycles. The van der Waals surface area contributed by atoms with E-state index in [-0.39, 0.29) is 17.1 Å². The first-order valence-electron chi connectivity index (χ1n) is 5.44. The number of halogens is 1. The molecule has 92 valence electrons. The van der Waals surface area contributed by atoms with Gasteiger partial charge in [-0.05, 0) is 30.7 Å². The van der Waals surface area contributed by atoms with Crippen LogP contribution in [0.1, 0.15) is 15.9 Å². The lowest BCUT2D eigenvalue weighted by Crippen LogP contribution is -2.03. The third-order valence-corrected chi connectivity index (χ3v) is 2.62. The van der Waals surface area contributed by atoms with Crippen molar-refractivity contribution in [1.82, 2.24) is 0 Å². The number of rotatable bonds is 3. The summed E-state index contributed by atoms with van der Waals surface area (Å²) in [6.07, 6.45) is 0. The molecule has 0 aliphatic carbocycles. The van der Waals surface area contributed by atoms with Crippen LogP contribution in [0.25, 0.3) is 0 Å². The molecule has 0 saturated carbocycles. The van der Waals surface area contributed by atoms with Crippen molar-refractivity contribution in [2.45, 2.75) is 6.92 Å². The summed E-state index contributed by atoms with van der Waals surface area (Å²) in [4.78, 5) is 11.0. The smallest absolute Gasteiger partial charge is 0.337 e. The minimum atomic E-state index is -1.05. The van der Waals surface area contributed by atoms with Crippen molar-refractivity contribution in [2.24, 2.45) is 0 Å². The molecule has 2 rings (SSSR count). The molecule has 18 heavy (non-hydrogen) atoms. The van der Waals surface area contributed by atoms with Gasteiger partial charge in [0.05, 0.1) is 16.9 Å². The highest BCUT2D eigenvalue weighted by Crippen LogP contribution is 2.24. The van der Waals surface area contributed by atoms with E-state index in [1.54, 1.807) is 43.3 Å². The summed E-state index contributed by atoms with van der Waals surface area (Å²) < 4.78 is 13.8. The molecule has 0 amide bonds. The number of para-hydroxylation sites is 1. The van der Waals surface area contributed by atoms with Gasteiger partial charge in [0.1, 0.15) is 5.82 Å². The molecular formula is C14H12FNO2. The van der Waals surface area contributed by atoms with Gasteiger partial charge >= 0.3 is 5.97 Å². The van der Waals surface area contributed by atoms with Gasteiger partial charge in [-0.3, -0.25) is 0 Å². The van der Waals surface area contributed by atoms with Gasteiger partial charge in [0.25, 0.3) is 0 Å². The van der Waals surface area contributed by atoms with Crippen LogP contribution in [0.2, 0.25) is 0 Å². The number of hydrogen-bond acceptors (Lipinski definition) is 2. The lowest BCUT2D eigenvalue weighted by atomic mass is 10.1. The highest BCUT2D eigenvalue weighted by Gasteiger charge is 2.11. The number of nitrogens with one attached hydrogen (secondary N) is 1. The van der Waals surface area contributed by atoms with Gasteiger partial charge in [0.2, 0.25) is 0 Å². The normalized spacial score (nSPS) is 10.1.